The van der Waals surface area contributed by atoms with E-state index in [2.05, 4.69) is 27.4 Å². The van der Waals surface area contributed by atoms with E-state index in [-0.39, 0.29) is 17.4 Å². The van der Waals surface area contributed by atoms with Gasteiger partial charge in [-0.25, -0.2) is 14.2 Å². The number of pyridine rings is 1. The van der Waals surface area contributed by atoms with E-state index in [0.717, 1.165) is 28.2 Å². The maximum Gasteiger partial charge on any atom is 0.320 e. The average molecular weight is 375 g/mol. The van der Waals surface area contributed by atoms with Gasteiger partial charge in [0.25, 0.3) is 0 Å². The Balaban J connectivity index is 1.63. The summed E-state index contributed by atoms with van der Waals surface area (Å²) in [5.74, 6) is 1.07. The number of hydrogen-bond donors (Lipinski definition) is 2. The third-order valence-electron chi connectivity index (χ3n) is 5.40. The summed E-state index contributed by atoms with van der Waals surface area (Å²) in [4.78, 5) is 23.4. The highest BCUT2D eigenvalue weighted by Gasteiger charge is 2.43. The van der Waals surface area contributed by atoms with Gasteiger partial charge in [-0.3, -0.25) is 10.3 Å². The van der Waals surface area contributed by atoms with Crippen LogP contribution in [0.5, 0.6) is 0 Å². The van der Waals surface area contributed by atoms with Gasteiger partial charge < -0.3 is 10.2 Å². The molecule has 28 heavy (non-hydrogen) atoms. The van der Waals surface area contributed by atoms with Gasteiger partial charge in [0.15, 0.2) is 0 Å². The lowest BCUT2D eigenvalue weighted by molar-refractivity contribution is 0.246. The third-order valence-corrected chi connectivity index (χ3v) is 5.40. The van der Waals surface area contributed by atoms with Crippen LogP contribution in [0, 0.1) is 5.82 Å². The normalized spacial score (nSPS) is 23.0. The molecule has 0 saturated carbocycles. The zero-order chi connectivity index (χ0) is 19.3. The maximum atomic E-state index is 13.3. The topological polar surface area (TPSA) is 69.6 Å². The predicted molar refractivity (Wildman–Crippen MR) is 105 cm³/mol. The number of anilines is 1. The number of aromatic nitrogens is 1. The number of halogens is 1. The Morgan fingerprint density at radius 3 is 2.82 bits per heavy atom. The summed E-state index contributed by atoms with van der Waals surface area (Å²) in [5.41, 5.74) is 3.41. The number of benzene rings is 1. The second-order valence-electron chi connectivity index (χ2n) is 7.26. The molecule has 0 spiro atoms. The van der Waals surface area contributed by atoms with Gasteiger partial charge in [0, 0.05) is 11.9 Å². The van der Waals surface area contributed by atoms with E-state index in [1.54, 1.807) is 18.3 Å². The largest absolute Gasteiger partial charge is 0.332 e. The molecule has 1 unspecified atom stereocenters. The van der Waals surface area contributed by atoms with E-state index >= 15 is 0 Å². The fourth-order valence-electron chi connectivity index (χ4n) is 3.95. The van der Waals surface area contributed by atoms with Crippen molar-refractivity contribution in [2.24, 2.45) is 4.99 Å². The third kappa shape index (κ3) is 2.58. The smallest absolute Gasteiger partial charge is 0.320 e. The summed E-state index contributed by atoms with van der Waals surface area (Å²) in [6.07, 6.45) is 5.73. The number of nitrogens with one attached hydrogen (secondary N) is 2. The molecule has 2 amide bonds. The summed E-state index contributed by atoms with van der Waals surface area (Å²) in [6.45, 7) is 3.06. The van der Waals surface area contributed by atoms with Crippen LogP contribution in [0.3, 0.4) is 0 Å². The maximum absolute atomic E-state index is 13.3. The van der Waals surface area contributed by atoms with Gasteiger partial charge in [-0.15, -0.1) is 0 Å². The molecule has 2 aromatic rings. The molecule has 1 aromatic heterocycles. The highest BCUT2D eigenvalue weighted by atomic mass is 19.1. The SMILES string of the molecule is CC12CN=C3C=C(c4ccc(F)cc4)C=C(CNC(=O)Nc4cc1ccn4)N32. The summed E-state index contributed by atoms with van der Waals surface area (Å²) >= 11 is 0. The number of rotatable bonds is 1. The van der Waals surface area contributed by atoms with Crippen molar-refractivity contribution in [2.75, 3.05) is 18.4 Å². The summed E-state index contributed by atoms with van der Waals surface area (Å²) in [5, 5.41) is 5.66. The van der Waals surface area contributed by atoms with Crippen LogP contribution < -0.4 is 10.6 Å². The molecule has 0 fully saturated rings. The summed E-state index contributed by atoms with van der Waals surface area (Å²) in [7, 11) is 0. The molecular formula is C21H18FN5O. The monoisotopic (exact) mass is 375 g/mol. The van der Waals surface area contributed by atoms with Crippen LogP contribution in [0.25, 0.3) is 5.57 Å². The molecule has 0 saturated heterocycles. The zero-order valence-electron chi connectivity index (χ0n) is 15.2. The molecule has 0 radical (unpaired) electrons. The van der Waals surface area contributed by atoms with Gasteiger partial charge in [-0.1, -0.05) is 12.1 Å². The second kappa shape index (κ2) is 6.02. The Kier molecular flexibility index (Phi) is 3.58. The predicted octanol–water partition coefficient (Wildman–Crippen LogP) is 3.27. The molecule has 1 atom stereocenters. The summed E-state index contributed by atoms with van der Waals surface area (Å²) in [6, 6.07) is 9.92. The Morgan fingerprint density at radius 2 is 2.00 bits per heavy atom. The van der Waals surface area contributed by atoms with E-state index in [4.69, 9.17) is 4.99 Å². The van der Waals surface area contributed by atoms with Crippen LogP contribution in [0.1, 0.15) is 18.1 Å². The first-order valence-corrected chi connectivity index (χ1v) is 9.07. The Bertz CT molecular complexity index is 1070. The highest BCUT2D eigenvalue weighted by molar-refractivity contribution is 6.06. The molecule has 2 N–H and O–H groups in total. The number of amidine groups is 1. The van der Waals surface area contributed by atoms with Gasteiger partial charge in [0.1, 0.15) is 17.5 Å². The minimum atomic E-state index is -0.382. The van der Waals surface area contributed by atoms with Gasteiger partial charge in [-0.2, -0.15) is 0 Å². The molecule has 5 rings (SSSR count). The van der Waals surface area contributed by atoms with Crippen LogP contribution >= 0.6 is 0 Å². The first kappa shape index (κ1) is 16.7. The molecule has 140 valence electrons. The number of amides is 2. The number of allylic oxidation sites excluding steroid dienone is 2. The first-order valence-electron chi connectivity index (χ1n) is 9.07. The molecule has 3 aliphatic rings. The van der Waals surface area contributed by atoms with E-state index < -0.39 is 0 Å². The van der Waals surface area contributed by atoms with Crippen LogP contribution in [0.15, 0.2) is 65.4 Å². The fraction of sp³-hybridized carbons (Fsp3) is 0.190. The fourth-order valence-corrected chi connectivity index (χ4v) is 3.95. The van der Waals surface area contributed by atoms with Crippen LogP contribution in [-0.2, 0) is 5.54 Å². The number of aliphatic imine (C=N–C) groups is 1. The van der Waals surface area contributed by atoms with E-state index in [1.807, 2.05) is 24.3 Å². The zero-order valence-corrected chi connectivity index (χ0v) is 15.2. The number of hydrogen-bond acceptors (Lipinski definition) is 4. The number of carbonyl (C=O) groups excluding carboxylic acids is 1. The number of fused-ring (bicyclic) bond motifs is 3. The lowest BCUT2D eigenvalue weighted by Gasteiger charge is -2.41. The molecule has 6 nitrogen and oxygen atoms in total. The molecule has 3 aliphatic heterocycles. The number of carbonyl (C=O) groups is 1. The van der Waals surface area contributed by atoms with E-state index in [0.29, 0.717) is 18.9 Å². The van der Waals surface area contributed by atoms with E-state index in [9.17, 15) is 9.18 Å². The molecule has 2 bridgehead atoms. The van der Waals surface area contributed by atoms with Gasteiger partial charge in [-0.05, 0) is 60.0 Å². The molecule has 7 heteroatoms. The number of nitrogens with zero attached hydrogens (tertiary/aromatic N) is 3. The van der Waals surface area contributed by atoms with E-state index in [1.165, 1.54) is 12.1 Å². The Morgan fingerprint density at radius 1 is 1.18 bits per heavy atom. The van der Waals surface area contributed by atoms with Crippen molar-refractivity contribution in [2.45, 2.75) is 12.5 Å². The van der Waals surface area contributed by atoms with Crippen molar-refractivity contribution in [1.29, 1.82) is 0 Å². The highest BCUT2D eigenvalue weighted by Crippen LogP contribution is 2.40. The molecular weight excluding hydrogens is 357 g/mol. The van der Waals surface area contributed by atoms with Crippen molar-refractivity contribution >= 4 is 23.3 Å². The van der Waals surface area contributed by atoms with Gasteiger partial charge in [0.05, 0.1) is 18.6 Å². The lowest BCUT2D eigenvalue weighted by atomic mass is 9.89. The van der Waals surface area contributed by atoms with Crippen molar-refractivity contribution < 1.29 is 9.18 Å². The Labute approximate surface area is 161 Å². The average Bonchev–Trinajstić information content (AvgIpc) is 3.05. The van der Waals surface area contributed by atoms with Crippen LogP contribution in [0.4, 0.5) is 15.0 Å². The van der Waals surface area contributed by atoms with Crippen molar-refractivity contribution in [1.82, 2.24) is 15.2 Å². The quantitative estimate of drug-likeness (QED) is 0.804. The first-order chi connectivity index (χ1) is 13.5. The second-order valence-corrected chi connectivity index (χ2v) is 7.26. The molecule has 0 aliphatic carbocycles. The van der Waals surface area contributed by atoms with Gasteiger partial charge >= 0.3 is 6.03 Å². The standard InChI is InChI=1S/C21H18FN5O/c1-21-12-25-19-9-14(13-2-4-16(22)5-3-13)8-17(27(19)21)11-24-20(28)26-18-10-15(21)6-7-23-18/h2-10H,11-12H2,1H3,(H2,23,24,26,28). The molecule has 1 aromatic carbocycles. The van der Waals surface area contributed by atoms with Crippen LogP contribution in [-0.4, -0.2) is 34.8 Å². The summed E-state index contributed by atoms with van der Waals surface area (Å²) < 4.78 is 13.3. The Hall–Kier alpha value is -3.48. The van der Waals surface area contributed by atoms with Crippen LogP contribution in [0.2, 0.25) is 0 Å². The minimum Gasteiger partial charge on any atom is -0.332 e. The minimum absolute atomic E-state index is 0.272. The van der Waals surface area contributed by atoms with Crippen molar-refractivity contribution in [3.8, 4) is 0 Å². The van der Waals surface area contributed by atoms with Crippen molar-refractivity contribution in [3.05, 3.63) is 77.4 Å². The van der Waals surface area contributed by atoms with Gasteiger partial charge in [0.2, 0.25) is 0 Å². The lowest BCUT2D eigenvalue weighted by Crippen LogP contribution is -2.48. The molecule has 4 heterocycles. The van der Waals surface area contributed by atoms with Crippen molar-refractivity contribution in [3.63, 3.8) is 0 Å². The number of urea groups is 1.